The molecule has 1 saturated heterocycles. The van der Waals surface area contributed by atoms with Gasteiger partial charge in [-0.15, -0.1) is 22.7 Å². The molecular formula is C22H27N3O3S3. The van der Waals surface area contributed by atoms with Crippen LogP contribution in [0.25, 0.3) is 10.6 Å². The number of morpholine rings is 1. The Morgan fingerprint density at radius 3 is 2.52 bits per heavy atom. The van der Waals surface area contributed by atoms with E-state index in [1.165, 1.54) is 14.9 Å². The highest BCUT2D eigenvalue weighted by Gasteiger charge is 2.26. The molecule has 0 spiro atoms. The van der Waals surface area contributed by atoms with E-state index in [4.69, 9.17) is 9.73 Å². The first-order chi connectivity index (χ1) is 15.0. The number of benzene rings is 1. The Morgan fingerprint density at radius 2 is 1.87 bits per heavy atom. The Balaban J connectivity index is 1.67. The van der Waals surface area contributed by atoms with E-state index in [-0.39, 0.29) is 0 Å². The summed E-state index contributed by atoms with van der Waals surface area (Å²) in [5, 5.41) is 4.25. The van der Waals surface area contributed by atoms with Crippen molar-refractivity contribution in [2.45, 2.75) is 37.6 Å². The van der Waals surface area contributed by atoms with Gasteiger partial charge in [0.25, 0.3) is 0 Å². The molecule has 1 unspecified atom stereocenters. The first-order valence-corrected chi connectivity index (χ1v) is 13.7. The van der Waals surface area contributed by atoms with Crippen LogP contribution in [0.15, 0.2) is 57.0 Å². The monoisotopic (exact) mass is 477 g/mol. The zero-order chi connectivity index (χ0) is 21.8. The molecule has 166 valence electrons. The maximum absolute atomic E-state index is 12.8. The van der Waals surface area contributed by atoms with Crippen molar-refractivity contribution in [2.75, 3.05) is 26.3 Å². The number of thiophene rings is 1. The number of hydrogen-bond donors (Lipinski definition) is 0. The van der Waals surface area contributed by atoms with Gasteiger partial charge in [0.15, 0.2) is 4.80 Å². The minimum atomic E-state index is -3.50. The van der Waals surface area contributed by atoms with Crippen molar-refractivity contribution in [2.24, 2.45) is 4.99 Å². The van der Waals surface area contributed by atoms with Gasteiger partial charge in [-0.2, -0.15) is 4.31 Å². The predicted molar refractivity (Wildman–Crippen MR) is 126 cm³/mol. The highest BCUT2D eigenvalue weighted by molar-refractivity contribution is 7.89. The SMILES string of the molecule is CCCC(C)n1c(-c2cccs2)csc1=Nc1ccc(S(=O)(=O)N2CCOCC2)cc1. The van der Waals surface area contributed by atoms with E-state index >= 15 is 0 Å². The lowest BCUT2D eigenvalue weighted by Gasteiger charge is -2.26. The van der Waals surface area contributed by atoms with E-state index in [1.807, 2.05) is 0 Å². The Bertz CT molecular complexity index is 1160. The molecular weight excluding hydrogens is 450 g/mol. The van der Waals surface area contributed by atoms with E-state index in [9.17, 15) is 8.42 Å². The lowest BCUT2D eigenvalue weighted by Crippen LogP contribution is -2.40. The molecule has 6 nitrogen and oxygen atoms in total. The summed E-state index contributed by atoms with van der Waals surface area (Å²) < 4.78 is 34.7. The van der Waals surface area contributed by atoms with E-state index in [2.05, 4.69) is 41.3 Å². The van der Waals surface area contributed by atoms with Gasteiger partial charge >= 0.3 is 0 Å². The summed E-state index contributed by atoms with van der Waals surface area (Å²) in [4.78, 5) is 7.32. The summed E-state index contributed by atoms with van der Waals surface area (Å²) in [5.41, 5.74) is 1.93. The van der Waals surface area contributed by atoms with Crippen molar-refractivity contribution < 1.29 is 13.2 Å². The van der Waals surface area contributed by atoms with Crippen LogP contribution in [-0.2, 0) is 14.8 Å². The van der Waals surface area contributed by atoms with E-state index in [0.717, 1.165) is 23.3 Å². The summed E-state index contributed by atoms with van der Waals surface area (Å²) in [6, 6.07) is 11.4. The number of thiazole rings is 1. The molecule has 31 heavy (non-hydrogen) atoms. The van der Waals surface area contributed by atoms with Crippen molar-refractivity contribution in [3.05, 3.63) is 52.0 Å². The van der Waals surface area contributed by atoms with Gasteiger partial charge in [0.05, 0.1) is 34.4 Å². The minimum Gasteiger partial charge on any atom is -0.379 e. The highest BCUT2D eigenvalue weighted by Crippen LogP contribution is 2.29. The molecule has 2 aromatic heterocycles. The number of rotatable bonds is 7. The fraction of sp³-hybridized carbons (Fsp3) is 0.409. The molecule has 1 atom stereocenters. The minimum absolute atomic E-state index is 0.297. The van der Waals surface area contributed by atoms with Crippen LogP contribution >= 0.6 is 22.7 Å². The molecule has 3 heterocycles. The number of aromatic nitrogens is 1. The van der Waals surface area contributed by atoms with Gasteiger partial charge in [-0.1, -0.05) is 19.4 Å². The third-order valence-electron chi connectivity index (χ3n) is 5.33. The van der Waals surface area contributed by atoms with Gasteiger partial charge in [-0.3, -0.25) is 0 Å². The largest absolute Gasteiger partial charge is 0.379 e. The van der Waals surface area contributed by atoms with Crippen LogP contribution in [0.5, 0.6) is 0 Å². The first kappa shape index (κ1) is 22.4. The van der Waals surface area contributed by atoms with Crippen LogP contribution in [0.4, 0.5) is 5.69 Å². The van der Waals surface area contributed by atoms with Crippen molar-refractivity contribution in [3.8, 4) is 10.6 Å². The van der Waals surface area contributed by atoms with E-state index < -0.39 is 10.0 Å². The maximum atomic E-state index is 12.8. The van der Waals surface area contributed by atoms with Crippen LogP contribution in [0.2, 0.25) is 0 Å². The van der Waals surface area contributed by atoms with Crippen LogP contribution in [0.3, 0.4) is 0 Å². The van der Waals surface area contributed by atoms with Crippen LogP contribution < -0.4 is 4.80 Å². The average molecular weight is 478 g/mol. The van der Waals surface area contributed by atoms with E-state index in [1.54, 1.807) is 46.9 Å². The molecule has 9 heteroatoms. The summed E-state index contributed by atoms with van der Waals surface area (Å²) in [6.07, 6.45) is 2.17. The molecule has 0 radical (unpaired) electrons. The second-order valence-electron chi connectivity index (χ2n) is 7.51. The fourth-order valence-electron chi connectivity index (χ4n) is 3.72. The summed E-state index contributed by atoms with van der Waals surface area (Å²) >= 11 is 3.35. The molecule has 1 fully saturated rings. The molecule has 0 aliphatic carbocycles. The topological polar surface area (TPSA) is 63.9 Å². The van der Waals surface area contributed by atoms with Crippen molar-refractivity contribution in [1.82, 2.24) is 8.87 Å². The molecule has 0 amide bonds. The van der Waals surface area contributed by atoms with Crippen LogP contribution in [0, 0.1) is 0 Å². The summed E-state index contributed by atoms with van der Waals surface area (Å²) in [6.45, 7) is 6.08. The van der Waals surface area contributed by atoms with Gasteiger partial charge < -0.3 is 9.30 Å². The van der Waals surface area contributed by atoms with Crippen LogP contribution in [0.1, 0.15) is 32.7 Å². The first-order valence-electron chi connectivity index (χ1n) is 10.5. The van der Waals surface area contributed by atoms with Crippen molar-refractivity contribution in [3.63, 3.8) is 0 Å². The van der Waals surface area contributed by atoms with Gasteiger partial charge in [0, 0.05) is 24.5 Å². The third-order valence-corrected chi connectivity index (χ3v) is 8.98. The Labute approximate surface area is 191 Å². The standard InChI is InChI=1S/C22H27N3O3S3/c1-3-5-17(2)25-20(21-6-4-15-29-21)16-30-22(25)23-18-7-9-19(10-8-18)31(26,27)24-11-13-28-14-12-24/h4,6-10,15-17H,3,5,11-14H2,1-2H3. The molecule has 1 aromatic carbocycles. The van der Waals surface area contributed by atoms with Gasteiger partial charge in [0.1, 0.15) is 0 Å². The quantitative estimate of drug-likeness (QED) is 0.487. The lowest BCUT2D eigenvalue weighted by atomic mass is 10.2. The highest BCUT2D eigenvalue weighted by atomic mass is 32.2. The van der Waals surface area contributed by atoms with Gasteiger partial charge in [-0.05, 0) is 49.1 Å². The lowest BCUT2D eigenvalue weighted by molar-refractivity contribution is 0.0730. The predicted octanol–water partition coefficient (Wildman–Crippen LogP) is 4.89. The second kappa shape index (κ2) is 9.79. The summed E-state index contributed by atoms with van der Waals surface area (Å²) in [7, 11) is -3.50. The molecule has 1 aliphatic heterocycles. The Morgan fingerprint density at radius 1 is 1.13 bits per heavy atom. The maximum Gasteiger partial charge on any atom is 0.243 e. The van der Waals surface area contributed by atoms with Crippen LogP contribution in [-0.4, -0.2) is 43.6 Å². The molecule has 0 bridgehead atoms. The fourth-order valence-corrected chi connectivity index (χ4v) is 6.95. The smallest absolute Gasteiger partial charge is 0.243 e. The number of hydrogen-bond acceptors (Lipinski definition) is 6. The zero-order valence-corrected chi connectivity index (χ0v) is 20.2. The number of ether oxygens (including phenoxy) is 1. The Hall–Kier alpha value is -1.78. The number of nitrogens with zero attached hydrogens (tertiary/aromatic N) is 3. The molecule has 0 N–H and O–H groups in total. The van der Waals surface area contributed by atoms with Gasteiger partial charge in [-0.25, -0.2) is 13.4 Å². The summed E-state index contributed by atoms with van der Waals surface area (Å²) in [5.74, 6) is 0. The third kappa shape index (κ3) is 4.85. The molecule has 3 aromatic rings. The average Bonchev–Trinajstić information content (AvgIpc) is 3.45. The normalized spacial score (nSPS) is 17.2. The molecule has 1 aliphatic rings. The molecule has 0 saturated carbocycles. The van der Waals surface area contributed by atoms with Crippen molar-refractivity contribution in [1.29, 1.82) is 0 Å². The Kier molecular flexibility index (Phi) is 7.08. The second-order valence-corrected chi connectivity index (χ2v) is 11.2. The molecule has 4 rings (SSSR count). The zero-order valence-electron chi connectivity index (χ0n) is 17.7. The van der Waals surface area contributed by atoms with Gasteiger partial charge in [0.2, 0.25) is 10.0 Å². The number of sulfonamides is 1. The van der Waals surface area contributed by atoms with Crippen molar-refractivity contribution >= 4 is 38.4 Å². The van der Waals surface area contributed by atoms with E-state index in [0.29, 0.717) is 37.2 Å².